The lowest BCUT2D eigenvalue weighted by Crippen LogP contribution is -1.82. The van der Waals surface area contributed by atoms with Crippen molar-refractivity contribution in [3.63, 3.8) is 0 Å². The van der Waals surface area contributed by atoms with Crippen molar-refractivity contribution in [2.24, 2.45) is 0 Å². The van der Waals surface area contributed by atoms with E-state index in [4.69, 9.17) is 5.11 Å². The molecule has 0 aromatic heterocycles. The Balaban J connectivity index is -0.0000000267. The fourth-order valence-corrected chi connectivity index (χ4v) is 0. The quantitative estimate of drug-likeness (QED) is 0.538. The van der Waals surface area contributed by atoms with Crippen molar-refractivity contribution in [3.8, 4) is 0 Å². The van der Waals surface area contributed by atoms with Gasteiger partial charge in [0.2, 0.25) is 0 Å². The molecule has 0 rings (SSSR count). The predicted molar refractivity (Wildman–Crippen MR) is 38.0 cm³/mol. The Morgan fingerprint density at radius 2 is 1.50 bits per heavy atom. The first-order valence-electron chi connectivity index (χ1n) is 1.12. The summed E-state index contributed by atoms with van der Waals surface area (Å²) in [6.07, 6.45) is 0.833. The van der Waals surface area contributed by atoms with E-state index in [0.29, 0.717) is 0 Å². The van der Waals surface area contributed by atoms with Crippen LogP contribution < -0.4 is 0 Å². The van der Waals surface area contributed by atoms with Gasteiger partial charge in [-0.1, -0.05) is 28.9 Å². The number of rotatable bonds is 1. The standard InChI is InChI=1S/C3H4O2.3CH4/c1-2-3(4)5;;;/h2H,1H2,(H,4,5);3*1H4. The van der Waals surface area contributed by atoms with Crippen molar-refractivity contribution in [1.82, 2.24) is 0 Å². The first kappa shape index (κ1) is 27.0. The van der Waals surface area contributed by atoms with Crippen LogP contribution in [0.4, 0.5) is 0 Å². The highest BCUT2D eigenvalue weighted by Gasteiger charge is 1.73. The number of carboxylic acids is 1. The molecule has 0 aromatic carbocycles. The van der Waals surface area contributed by atoms with Crippen LogP contribution in [0.3, 0.4) is 0 Å². The Morgan fingerprint density at radius 3 is 1.50 bits per heavy atom. The summed E-state index contributed by atoms with van der Waals surface area (Å²) < 4.78 is 0. The summed E-state index contributed by atoms with van der Waals surface area (Å²) >= 11 is 0. The van der Waals surface area contributed by atoms with Crippen molar-refractivity contribution in [2.75, 3.05) is 0 Å². The summed E-state index contributed by atoms with van der Waals surface area (Å²) in [5.41, 5.74) is 0. The van der Waals surface area contributed by atoms with Gasteiger partial charge >= 0.3 is 5.97 Å². The van der Waals surface area contributed by atoms with Crippen molar-refractivity contribution in [3.05, 3.63) is 12.7 Å². The molecule has 0 bridgehead atoms. The Hall–Kier alpha value is -0.790. The Kier molecular flexibility index (Phi) is 55.2. The van der Waals surface area contributed by atoms with E-state index in [9.17, 15) is 4.79 Å². The molecule has 1 N–H and O–H groups in total. The summed E-state index contributed by atoms with van der Waals surface area (Å²) in [4.78, 5) is 9.25. The third kappa shape index (κ3) is 63.1. The predicted octanol–water partition coefficient (Wildman–Crippen LogP) is 2.17. The zero-order valence-corrected chi connectivity index (χ0v) is 2.64. The van der Waals surface area contributed by atoms with Gasteiger partial charge in [0.25, 0.3) is 0 Å². The van der Waals surface area contributed by atoms with Gasteiger partial charge in [0, 0.05) is 6.08 Å². The lowest BCUT2D eigenvalue weighted by Gasteiger charge is -1.64. The van der Waals surface area contributed by atoms with Gasteiger partial charge in [0.1, 0.15) is 0 Å². The van der Waals surface area contributed by atoms with Gasteiger partial charge < -0.3 is 5.11 Å². The second-order valence-corrected chi connectivity index (χ2v) is 0.542. The highest BCUT2D eigenvalue weighted by Crippen LogP contribution is 1.54. The van der Waals surface area contributed by atoms with Crippen LogP contribution in [0.5, 0.6) is 0 Å². The van der Waals surface area contributed by atoms with Gasteiger partial charge in [0.05, 0.1) is 0 Å². The molecule has 0 saturated carbocycles. The topological polar surface area (TPSA) is 37.3 Å². The van der Waals surface area contributed by atoms with E-state index in [1.165, 1.54) is 0 Å². The fourth-order valence-electron chi connectivity index (χ4n) is 0. The van der Waals surface area contributed by atoms with Crippen molar-refractivity contribution < 1.29 is 9.90 Å². The second-order valence-electron chi connectivity index (χ2n) is 0.542. The average Bonchev–Trinajstić information content (AvgIpc) is 1.38. The van der Waals surface area contributed by atoms with Gasteiger partial charge in [-0.05, 0) is 0 Å². The van der Waals surface area contributed by atoms with Crippen molar-refractivity contribution in [1.29, 1.82) is 0 Å². The van der Waals surface area contributed by atoms with Gasteiger partial charge in [0.15, 0.2) is 0 Å². The first-order valence-corrected chi connectivity index (χ1v) is 1.12. The van der Waals surface area contributed by atoms with E-state index >= 15 is 0 Å². The molecule has 0 heterocycles. The van der Waals surface area contributed by atoms with Gasteiger partial charge in [-0.15, -0.1) is 0 Å². The zero-order chi connectivity index (χ0) is 4.28. The molecule has 0 spiro atoms. The van der Waals surface area contributed by atoms with E-state index in [1.807, 2.05) is 0 Å². The van der Waals surface area contributed by atoms with Crippen LogP contribution in [0.25, 0.3) is 0 Å². The third-order valence-electron chi connectivity index (χ3n) is 0.175. The Labute approximate surface area is 51.8 Å². The molecule has 52 valence electrons. The molecule has 0 saturated heterocycles. The molecule has 0 unspecified atom stereocenters. The highest BCUT2D eigenvalue weighted by atomic mass is 16.4. The monoisotopic (exact) mass is 120 g/mol. The molecule has 0 aliphatic carbocycles. The summed E-state index contributed by atoms with van der Waals surface area (Å²) in [5, 5.41) is 7.60. The minimum absolute atomic E-state index is 0. The lowest BCUT2D eigenvalue weighted by molar-refractivity contribution is -0.131. The SMILES string of the molecule is C.C.C.C=CC(=O)O. The van der Waals surface area contributed by atoms with E-state index in [2.05, 4.69) is 6.58 Å². The highest BCUT2D eigenvalue weighted by molar-refractivity contribution is 5.78. The maximum Gasteiger partial charge on any atom is 0.327 e. The van der Waals surface area contributed by atoms with Crippen LogP contribution in [0.1, 0.15) is 22.3 Å². The Morgan fingerprint density at radius 1 is 1.38 bits per heavy atom. The Bertz CT molecular complexity index is 57.5. The first-order chi connectivity index (χ1) is 2.27. The summed E-state index contributed by atoms with van der Waals surface area (Å²) in [6.45, 7) is 2.96. The molecular formula is C6H16O2. The van der Waals surface area contributed by atoms with E-state index in [1.54, 1.807) is 0 Å². The van der Waals surface area contributed by atoms with E-state index in [-0.39, 0.29) is 22.3 Å². The average molecular weight is 120 g/mol. The number of carbonyl (C=O) groups is 1. The molecule has 0 fully saturated rings. The largest absolute Gasteiger partial charge is 0.478 e. The molecule has 2 heteroatoms. The lowest BCUT2D eigenvalue weighted by atomic mass is 10.7. The summed E-state index contributed by atoms with van der Waals surface area (Å²) in [5.74, 6) is -0.981. The second kappa shape index (κ2) is 16.4. The van der Waals surface area contributed by atoms with Crippen LogP contribution in [0.2, 0.25) is 0 Å². The van der Waals surface area contributed by atoms with Crippen LogP contribution >= 0.6 is 0 Å². The molecule has 0 aliphatic rings. The molecule has 0 atom stereocenters. The smallest absolute Gasteiger partial charge is 0.327 e. The molecule has 0 aromatic rings. The maximum atomic E-state index is 9.25. The summed E-state index contributed by atoms with van der Waals surface area (Å²) in [6, 6.07) is 0. The maximum absolute atomic E-state index is 9.25. The fraction of sp³-hybridized carbons (Fsp3) is 0.500. The molecule has 2 nitrogen and oxygen atoms in total. The molecular weight excluding hydrogens is 104 g/mol. The third-order valence-corrected chi connectivity index (χ3v) is 0.175. The zero-order valence-electron chi connectivity index (χ0n) is 2.64. The van der Waals surface area contributed by atoms with Crippen molar-refractivity contribution in [2.45, 2.75) is 22.3 Å². The molecule has 8 heavy (non-hydrogen) atoms. The minimum atomic E-state index is -0.981. The van der Waals surface area contributed by atoms with Gasteiger partial charge in [-0.25, -0.2) is 4.79 Å². The normalized spacial score (nSPS) is 4.00. The minimum Gasteiger partial charge on any atom is -0.478 e. The van der Waals surface area contributed by atoms with E-state index in [0.717, 1.165) is 6.08 Å². The van der Waals surface area contributed by atoms with Crippen LogP contribution in [0.15, 0.2) is 12.7 Å². The van der Waals surface area contributed by atoms with Crippen molar-refractivity contribution >= 4 is 5.97 Å². The summed E-state index contributed by atoms with van der Waals surface area (Å²) in [7, 11) is 0. The molecule has 0 radical (unpaired) electrons. The number of carboxylic acid groups (broad SMARTS) is 1. The van der Waals surface area contributed by atoms with Crippen LogP contribution in [0, 0.1) is 0 Å². The number of aliphatic carboxylic acids is 1. The number of hydrogen-bond acceptors (Lipinski definition) is 1. The van der Waals surface area contributed by atoms with Crippen LogP contribution in [-0.2, 0) is 4.79 Å². The molecule has 0 aliphatic heterocycles. The van der Waals surface area contributed by atoms with Gasteiger partial charge in [-0.2, -0.15) is 0 Å². The van der Waals surface area contributed by atoms with Gasteiger partial charge in [-0.3, -0.25) is 0 Å². The van der Waals surface area contributed by atoms with E-state index < -0.39 is 5.97 Å². The van der Waals surface area contributed by atoms with Crippen LogP contribution in [-0.4, -0.2) is 11.1 Å². The number of hydrogen-bond donors (Lipinski definition) is 1. The molecule has 0 amide bonds.